The highest BCUT2D eigenvalue weighted by Crippen LogP contribution is 2.42. The van der Waals surface area contributed by atoms with Crippen molar-refractivity contribution < 1.29 is 9.18 Å². The minimum atomic E-state index is -1.82. The highest BCUT2D eigenvalue weighted by molar-refractivity contribution is 7.38. The van der Waals surface area contributed by atoms with Gasteiger partial charge in [-0.3, -0.25) is 4.79 Å². The summed E-state index contributed by atoms with van der Waals surface area (Å²) in [6.07, 6.45) is 5.61. The average molecular weight is 435 g/mol. The number of benzene rings is 1. The molecule has 9 heteroatoms. The third kappa shape index (κ3) is 4.07. The molecule has 4 aromatic rings. The van der Waals surface area contributed by atoms with E-state index in [1.54, 1.807) is 59.5 Å². The van der Waals surface area contributed by atoms with Gasteiger partial charge in [0.1, 0.15) is 12.1 Å². The fraction of sp³-hybridized carbons (Fsp3) is 0.0476. The molecule has 0 radical (unpaired) electrons. The van der Waals surface area contributed by atoms with Crippen LogP contribution in [0, 0.1) is 11.8 Å². The van der Waals surface area contributed by atoms with Crippen LogP contribution < -0.4 is 5.73 Å². The highest BCUT2D eigenvalue weighted by Gasteiger charge is 2.23. The summed E-state index contributed by atoms with van der Waals surface area (Å²) in [5.74, 6) is 6.47. The number of carbonyl (C=O) groups excluding carboxylic acids is 1. The molecule has 3 heterocycles. The Balaban J connectivity index is 1.78. The smallest absolute Gasteiger partial charge is 0.171 e. The van der Waals surface area contributed by atoms with E-state index in [4.69, 9.17) is 5.73 Å². The van der Waals surface area contributed by atoms with Gasteiger partial charge in [-0.1, -0.05) is 42.5 Å². The lowest BCUT2D eigenvalue weighted by Gasteiger charge is -2.17. The molecule has 0 amide bonds. The summed E-state index contributed by atoms with van der Waals surface area (Å²) < 4.78 is 16.1. The number of hydrogen-bond donors (Lipinski definition) is 1. The summed E-state index contributed by atoms with van der Waals surface area (Å²) >= 11 is 0. The average Bonchev–Trinajstić information content (AvgIpc) is 3.13. The van der Waals surface area contributed by atoms with Crippen LogP contribution in [0.2, 0.25) is 0 Å². The van der Waals surface area contributed by atoms with Gasteiger partial charge in [0.25, 0.3) is 0 Å². The summed E-state index contributed by atoms with van der Waals surface area (Å²) in [5.41, 5.74) is 9.42. The van der Waals surface area contributed by atoms with E-state index in [9.17, 15) is 9.18 Å². The van der Waals surface area contributed by atoms with Gasteiger partial charge >= 0.3 is 0 Å². The standard InChI is InChI=1S/C21H16FN5OP2/c22-21(29,30)17-10-14(3-4-16(17)12-28)18-6-8-27-20(26-18)15(11-25-27)2-1-13-5-7-24-19(23)9-13/h3-12H,29-30H2,(H2,23,24). The van der Waals surface area contributed by atoms with Crippen LogP contribution in [0.5, 0.6) is 0 Å². The molecule has 2 N–H and O–H groups in total. The summed E-state index contributed by atoms with van der Waals surface area (Å²) in [4.78, 5) is 19.9. The van der Waals surface area contributed by atoms with Gasteiger partial charge in [0.15, 0.2) is 10.8 Å². The van der Waals surface area contributed by atoms with Gasteiger partial charge in [-0.2, -0.15) is 5.10 Å². The quantitative estimate of drug-likeness (QED) is 0.303. The van der Waals surface area contributed by atoms with E-state index in [0.29, 0.717) is 34.6 Å². The number of halogens is 1. The van der Waals surface area contributed by atoms with Crippen molar-refractivity contribution in [2.45, 2.75) is 5.15 Å². The van der Waals surface area contributed by atoms with Crippen LogP contribution in [-0.4, -0.2) is 25.9 Å². The Hall–Kier alpha value is -3.19. The van der Waals surface area contributed by atoms with Crippen molar-refractivity contribution in [3.8, 4) is 23.1 Å². The minimum Gasteiger partial charge on any atom is -0.384 e. The normalized spacial score (nSPS) is 11.2. The fourth-order valence-corrected chi connectivity index (χ4v) is 3.43. The van der Waals surface area contributed by atoms with E-state index in [2.05, 4.69) is 45.4 Å². The van der Waals surface area contributed by atoms with Gasteiger partial charge in [0, 0.05) is 34.6 Å². The number of nitrogens with two attached hydrogens (primary N) is 1. The predicted octanol–water partition coefficient (Wildman–Crippen LogP) is 3.42. The molecule has 2 unspecified atom stereocenters. The molecule has 30 heavy (non-hydrogen) atoms. The third-order valence-corrected chi connectivity index (χ3v) is 5.00. The molecule has 0 saturated heterocycles. The monoisotopic (exact) mass is 435 g/mol. The Bertz CT molecular complexity index is 1330. The Labute approximate surface area is 176 Å². The Morgan fingerprint density at radius 2 is 2.00 bits per heavy atom. The number of rotatable bonds is 3. The Morgan fingerprint density at radius 1 is 1.17 bits per heavy atom. The molecule has 0 aliphatic rings. The van der Waals surface area contributed by atoms with Crippen LogP contribution in [0.1, 0.15) is 27.0 Å². The van der Waals surface area contributed by atoms with Crippen molar-refractivity contribution in [2.75, 3.05) is 5.73 Å². The maximum atomic E-state index is 14.5. The van der Waals surface area contributed by atoms with Crippen molar-refractivity contribution in [1.29, 1.82) is 0 Å². The first-order chi connectivity index (χ1) is 14.3. The summed E-state index contributed by atoms with van der Waals surface area (Å²) in [7, 11) is 4.16. The molecule has 0 fully saturated rings. The van der Waals surface area contributed by atoms with E-state index in [0.717, 1.165) is 5.56 Å². The number of fused-ring (bicyclic) bond motifs is 1. The zero-order valence-corrected chi connectivity index (χ0v) is 17.9. The first kappa shape index (κ1) is 20.1. The maximum Gasteiger partial charge on any atom is 0.171 e. The number of aldehydes is 1. The molecule has 0 saturated carbocycles. The van der Waals surface area contributed by atoms with Gasteiger partial charge < -0.3 is 5.73 Å². The van der Waals surface area contributed by atoms with Crippen LogP contribution in [0.4, 0.5) is 10.2 Å². The van der Waals surface area contributed by atoms with Crippen molar-refractivity contribution in [2.24, 2.45) is 0 Å². The van der Waals surface area contributed by atoms with E-state index >= 15 is 0 Å². The van der Waals surface area contributed by atoms with Crippen molar-refractivity contribution in [1.82, 2.24) is 19.6 Å². The molecule has 0 bridgehead atoms. The highest BCUT2D eigenvalue weighted by atomic mass is 31.1. The molecule has 6 nitrogen and oxygen atoms in total. The summed E-state index contributed by atoms with van der Waals surface area (Å²) in [6, 6.07) is 10.1. The van der Waals surface area contributed by atoms with E-state index in [1.807, 2.05) is 0 Å². The van der Waals surface area contributed by atoms with Gasteiger partial charge in [-0.15, -0.1) is 0 Å². The molecule has 3 aromatic heterocycles. The van der Waals surface area contributed by atoms with Gasteiger partial charge in [0.05, 0.1) is 17.5 Å². The zero-order valence-electron chi connectivity index (χ0n) is 15.6. The lowest BCUT2D eigenvalue weighted by Crippen LogP contribution is -2.05. The van der Waals surface area contributed by atoms with Gasteiger partial charge in [0.2, 0.25) is 0 Å². The molecule has 0 spiro atoms. The number of nitrogens with zero attached hydrogens (tertiary/aromatic N) is 4. The minimum absolute atomic E-state index is 0.246. The van der Waals surface area contributed by atoms with E-state index in [-0.39, 0.29) is 11.1 Å². The number of carbonyl (C=O) groups is 1. The maximum absolute atomic E-state index is 14.5. The fourth-order valence-electron chi connectivity index (χ4n) is 2.93. The van der Waals surface area contributed by atoms with Crippen LogP contribution in [-0.2, 0) is 5.15 Å². The molecule has 1 aromatic carbocycles. The Morgan fingerprint density at radius 3 is 2.73 bits per heavy atom. The lowest BCUT2D eigenvalue weighted by atomic mass is 10.0. The number of aromatic nitrogens is 4. The summed E-state index contributed by atoms with van der Waals surface area (Å²) in [6.45, 7) is 0. The van der Waals surface area contributed by atoms with Crippen molar-refractivity contribution >= 4 is 36.2 Å². The molecule has 0 aliphatic heterocycles. The third-order valence-electron chi connectivity index (χ3n) is 4.38. The topological polar surface area (TPSA) is 86.2 Å². The number of anilines is 1. The van der Waals surface area contributed by atoms with Crippen LogP contribution in [0.3, 0.4) is 0 Å². The molecular formula is C21H16FN5OP2. The van der Waals surface area contributed by atoms with Crippen molar-refractivity contribution in [3.05, 3.63) is 77.2 Å². The van der Waals surface area contributed by atoms with Gasteiger partial charge in [-0.05, 0) is 24.3 Å². The largest absolute Gasteiger partial charge is 0.384 e. The number of hydrogen-bond acceptors (Lipinski definition) is 5. The summed E-state index contributed by atoms with van der Waals surface area (Å²) in [5, 5.41) is 2.45. The van der Waals surface area contributed by atoms with Crippen molar-refractivity contribution in [3.63, 3.8) is 0 Å². The second kappa shape index (κ2) is 7.91. The zero-order chi connectivity index (χ0) is 21.3. The molecule has 0 aliphatic carbocycles. The number of nitrogen functional groups attached to an aromatic ring is 1. The first-order valence-electron chi connectivity index (χ1n) is 8.80. The second-order valence-electron chi connectivity index (χ2n) is 6.55. The van der Waals surface area contributed by atoms with Crippen LogP contribution in [0.25, 0.3) is 16.9 Å². The number of alkyl halides is 1. The van der Waals surface area contributed by atoms with E-state index in [1.165, 1.54) is 0 Å². The Kier molecular flexibility index (Phi) is 5.30. The second-order valence-corrected chi connectivity index (χ2v) is 8.89. The number of pyridine rings is 1. The van der Waals surface area contributed by atoms with Gasteiger partial charge in [-0.25, -0.2) is 18.9 Å². The molecule has 4 rings (SSSR count). The van der Waals surface area contributed by atoms with E-state index < -0.39 is 5.15 Å². The lowest BCUT2D eigenvalue weighted by molar-refractivity contribution is 0.112. The van der Waals surface area contributed by atoms with Crippen LogP contribution in [0.15, 0.2) is 55.0 Å². The first-order valence-corrected chi connectivity index (χ1v) is 9.95. The SMILES string of the molecule is Nc1cc(C#Cc2cnn3ccc(-c4ccc(C=O)c(C(F)(P)P)c4)nc23)ccn1. The van der Waals surface area contributed by atoms with Crippen LogP contribution >= 0.6 is 18.5 Å². The molecule has 148 valence electrons. The molecular weight excluding hydrogens is 419 g/mol. The predicted molar refractivity (Wildman–Crippen MR) is 121 cm³/mol. The molecule has 2 atom stereocenters.